The van der Waals surface area contributed by atoms with Crippen LogP contribution in [0.4, 0.5) is 30.7 Å². The lowest BCUT2D eigenvalue weighted by Gasteiger charge is -2.29. The number of benzene rings is 1. The number of rotatable bonds is 5. The molecule has 0 amide bonds. The maximum atomic E-state index is 13.4. The Morgan fingerprint density at radius 3 is 2.10 bits per heavy atom. The summed E-state index contributed by atoms with van der Waals surface area (Å²) in [5.41, 5.74) is -0.667. The molecule has 0 aromatic heterocycles. The lowest BCUT2D eigenvalue weighted by atomic mass is 9.99. The first-order chi connectivity index (χ1) is 9.11. The van der Waals surface area contributed by atoms with E-state index in [1.54, 1.807) is 6.92 Å². The fourth-order valence-corrected chi connectivity index (χ4v) is 1.60. The molecule has 1 rings (SSSR count). The Morgan fingerprint density at radius 1 is 1.05 bits per heavy atom. The van der Waals surface area contributed by atoms with Gasteiger partial charge in [0.25, 0.3) is 0 Å². The van der Waals surface area contributed by atoms with Crippen LogP contribution in [0, 0.1) is 11.6 Å². The van der Waals surface area contributed by atoms with Gasteiger partial charge in [-0.3, -0.25) is 0 Å². The Labute approximate surface area is 110 Å². The fourth-order valence-electron chi connectivity index (χ4n) is 1.60. The zero-order valence-corrected chi connectivity index (χ0v) is 10.4. The van der Waals surface area contributed by atoms with Crippen LogP contribution in [0.3, 0.4) is 0 Å². The van der Waals surface area contributed by atoms with Crippen LogP contribution >= 0.6 is 0 Å². The Balaban J connectivity index is 3.21. The van der Waals surface area contributed by atoms with Crippen molar-refractivity contribution in [1.29, 1.82) is 0 Å². The minimum atomic E-state index is -5.80. The fraction of sp³-hybridized carbons (Fsp3) is 0.500. The van der Waals surface area contributed by atoms with E-state index in [9.17, 15) is 30.7 Å². The first-order valence-electron chi connectivity index (χ1n) is 5.74. The average Bonchev–Trinajstić information content (AvgIpc) is 2.32. The first kappa shape index (κ1) is 16.7. The third-order valence-corrected chi connectivity index (χ3v) is 2.62. The summed E-state index contributed by atoms with van der Waals surface area (Å²) in [4.78, 5) is 0. The lowest BCUT2D eigenvalue weighted by molar-refractivity contribution is -0.294. The number of alkyl halides is 5. The largest absolute Gasteiger partial charge is 0.455 e. The summed E-state index contributed by atoms with van der Waals surface area (Å²) < 4.78 is 89.9. The molecular weight excluding hydrogens is 291 g/mol. The summed E-state index contributed by atoms with van der Waals surface area (Å²) in [5, 5.41) is 2.02. The van der Waals surface area contributed by atoms with Crippen LogP contribution in [0.15, 0.2) is 18.2 Å². The molecule has 0 bridgehead atoms. The smallest absolute Gasteiger partial charge is 0.305 e. The highest BCUT2D eigenvalue weighted by atomic mass is 19.4. The second-order valence-corrected chi connectivity index (χ2v) is 4.18. The topological polar surface area (TPSA) is 12.0 Å². The zero-order chi connectivity index (χ0) is 15.6. The van der Waals surface area contributed by atoms with Crippen molar-refractivity contribution in [3.05, 3.63) is 35.4 Å². The number of hydrogen-bond acceptors (Lipinski definition) is 1. The highest BCUT2D eigenvalue weighted by Gasteiger charge is 2.62. The molecule has 0 aliphatic rings. The predicted molar refractivity (Wildman–Crippen MR) is 58.4 cm³/mol. The molecule has 1 N–H and O–H groups in total. The van der Waals surface area contributed by atoms with Gasteiger partial charge in [0, 0.05) is 0 Å². The molecule has 0 heterocycles. The van der Waals surface area contributed by atoms with Gasteiger partial charge in [0.15, 0.2) is 11.6 Å². The van der Waals surface area contributed by atoms with Crippen LogP contribution in [0.25, 0.3) is 0 Å². The molecule has 20 heavy (non-hydrogen) atoms. The highest BCUT2D eigenvalue weighted by Crippen LogP contribution is 2.44. The van der Waals surface area contributed by atoms with Crippen molar-refractivity contribution in [2.75, 3.05) is 6.54 Å². The van der Waals surface area contributed by atoms with E-state index in [-0.39, 0.29) is 6.54 Å². The summed E-state index contributed by atoms with van der Waals surface area (Å²) in [6, 6.07) is -0.927. The van der Waals surface area contributed by atoms with E-state index in [4.69, 9.17) is 0 Å². The van der Waals surface area contributed by atoms with Crippen LogP contribution < -0.4 is 5.32 Å². The molecule has 0 saturated carbocycles. The Hall–Kier alpha value is -1.31. The van der Waals surface area contributed by atoms with E-state index >= 15 is 0 Å². The quantitative estimate of drug-likeness (QED) is 0.804. The molecule has 0 aliphatic carbocycles. The molecule has 114 valence electrons. The van der Waals surface area contributed by atoms with Gasteiger partial charge in [0.1, 0.15) is 6.04 Å². The second kappa shape index (κ2) is 5.99. The third kappa shape index (κ3) is 3.41. The molecule has 0 spiro atoms. The summed E-state index contributed by atoms with van der Waals surface area (Å²) in [7, 11) is 0. The lowest BCUT2D eigenvalue weighted by Crippen LogP contribution is -2.48. The Morgan fingerprint density at radius 2 is 1.65 bits per heavy atom. The molecule has 0 saturated heterocycles. The first-order valence-corrected chi connectivity index (χ1v) is 5.74. The maximum Gasteiger partial charge on any atom is 0.455 e. The standard InChI is InChI=1S/C12H12F7N/c1-2-5-20-10(11(15,16)12(17,18)19)7-3-4-8(13)9(14)6-7/h3-4,6,10,20H,2,5H2,1H3. The zero-order valence-electron chi connectivity index (χ0n) is 10.4. The van der Waals surface area contributed by atoms with E-state index in [1.165, 1.54) is 0 Å². The minimum absolute atomic E-state index is 0.130. The summed E-state index contributed by atoms with van der Waals surface area (Å²) in [6.45, 7) is 1.44. The van der Waals surface area contributed by atoms with Crippen LogP contribution in [0.1, 0.15) is 24.9 Å². The van der Waals surface area contributed by atoms with Gasteiger partial charge < -0.3 is 5.32 Å². The van der Waals surface area contributed by atoms with E-state index in [1.807, 2.05) is 5.32 Å². The number of nitrogens with one attached hydrogen (secondary N) is 1. The molecule has 1 atom stereocenters. The normalized spacial score (nSPS) is 14.4. The minimum Gasteiger partial charge on any atom is -0.305 e. The highest BCUT2D eigenvalue weighted by molar-refractivity contribution is 5.24. The average molecular weight is 303 g/mol. The van der Waals surface area contributed by atoms with Crippen LogP contribution in [-0.2, 0) is 0 Å². The van der Waals surface area contributed by atoms with E-state index in [2.05, 4.69) is 0 Å². The molecule has 8 heteroatoms. The maximum absolute atomic E-state index is 13.4. The van der Waals surface area contributed by atoms with Crippen LogP contribution in [0.5, 0.6) is 0 Å². The van der Waals surface area contributed by atoms with Crippen LogP contribution in [0.2, 0.25) is 0 Å². The molecule has 1 nitrogen and oxygen atoms in total. The summed E-state index contributed by atoms with van der Waals surface area (Å²) >= 11 is 0. The second-order valence-electron chi connectivity index (χ2n) is 4.18. The molecule has 0 fully saturated rings. The van der Waals surface area contributed by atoms with Gasteiger partial charge in [0.2, 0.25) is 0 Å². The molecule has 0 radical (unpaired) electrons. The molecule has 1 unspecified atom stereocenters. The van der Waals surface area contributed by atoms with Gasteiger partial charge in [-0.25, -0.2) is 8.78 Å². The van der Waals surface area contributed by atoms with Crippen molar-refractivity contribution in [1.82, 2.24) is 5.32 Å². The molecule has 1 aromatic rings. The summed E-state index contributed by atoms with van der Waals surface area (Å²) in [5.74, 6) is -7.91. The van der Waals surface area contributed by atoms with Crippen molar-refractivity contribution in [2.45, 2.75) is 31.5 Å². The van der Waals surface area contributed by atoms with Crippen molar-refractivity contribution >= 4 is 0 Å². The van der Waals surface area contributed by atoms with Gasteiger partial charge in [-0.1, -0.05) is 13.0 Å². The monoisotopic (exact) mass is 303 g/mol. The van der Waals surface area contributed by atoms with Crippen molar-refractivity contribution in [3.8, 4) is 0 Å². The van der Waals surface area contributed by atoms with Gasteiger partial charge in [-0.05, 0) is 30.7 Å². The Kier molecular flexibility index (Phi) is 5.01. The molecular formula is C12H12F7N. The van der Waals surface area contributed by atoms with Crippen molar-refractivity contribution in [2.24, 2.45) is 0 Å². The molecule has 0 aliphatic heterocycles. The number of halogens is 7. The van der Waals surface area contributed by atoms with Gasteiger partial charge in [-0.2, -0.15) is 22.0 Å². The molecule has 1 aromatic carbocycles. The van der Waals surface area contributed by atoms with Gasteiger partial charge >= 0.3 is 12.1 Å². The summed E-state index contributed by atoms with van der Waals surface area (Å²) in [6.07, 6.45) is -5.50. The van der Waals surface area contributed by atoms with E-state index < -0.39 is 35.3 Å². The van der Waals surface area contributed by atoms with Crippen LogP contribution in [-0.4, -0.2) is 18.6 Å². The van der Waals surface area contributed by atoms with Gasteiger partial charge in [-0.15, -0.1) is 0 Å². The predicted octanol–water partition coefficient (Wildman–Crippen LogP) is 4.20. The van der Waals surface area contributed by atoms with Gasteiger partial charge in [0.05, 0.1) is 0 Å². The number of hydrogen-bond donors (Lipinski definition) is 1. The SMILES string of the molecule is CCCNC(c1ccc(F)c(F)c1)C(F)(F)C(F)(F)F. The van der Waals surface area contributed by atoms with Crippen molar-refractivity contribution < 1.29 is 30.7 Å². The van der Waals surface area contributed by atoms with E-state index in [0.717, 1.165) is 0 Å². The van der Waals surface area contributed by atoms with Crippen molar-refractivity contribution in [3.63, 3.8) is 0 Å². The van der Waals surface area contributed by atoms with E-state index in [0.29, 0.717) is 24.6 Å². The Bertz CT molecular complexity index is 456. The third-order valence-electron chi connectivity index (χ3n) is 2.62.